The lowest BCUT2D eigenvalue weighted by Crippen LogP contribution is -2.18. The van der Waals surface area contributed by atoms with E-state index in [0.717, 1.165) is 5.56 Å². The molecule has 0 amide bonds. The maximum atomic E-state index is 12.0. The molecule has 5 nitrogen and oxygen atoms in total. The number of sulfone groups is 1. The maximum Gasteiger partial charge on any atom is 0.152 e. The van der Waals surface area contributed by atoms with Gasteiger partial charge in [0.05, 0.1) is 25.0 Å². The topological polar surface area (TPSA) is 76.4 Å². The molecule has 0 bridgehead atoms. The molecule has 3 atom stereocenters. The number of hydrogen-bond donors (Lipinski definition) is 0. The summed E-state index contributed by atoms with van der Waals surface area (Å²) in [6.45, 7) is 2.41. The van der Waals surface area contributed by atoms with Crippen molar-refractivity contribution in [2.45, 2.75) is 18.1 Å². The van der Waals surface area contributed by atoms with Crippen LogP contribution in [0.5, 0.6) is 5.75 Å². The zero-order valence-electron chi connectivity index (χ0n) is 12.4. The lowest BCUT2D eigenvalue weighted by Gasteiger charge is -2.09. The molecular formula is C15H19NO4S. The van der Waals surface area contributed by atoms with Crippen LogP contribution in [-0.2, 0) is 14.6 Å². The fourth-order valence-electron chi connectivity index (χ4n) is 2.93. The first-order chi connectivity index (χ1) is 9.90. The van der Waals surface area contributed by atoms with Crippen LogP contribution in [0.2, 0.25) is 0 Å². The van der Waals surface area contributed by atoms with Gasteiger partial charge >= 0.3 is 0 Å². The van der Waals surface area contributed by atoms with Crippen LogP contribution < -0.4 is 4.74 Å². The third-order valence-corrected chi connectivity index (χ3v) is 5.56. The second-order valence-corrected chi connectivity index (χ2v) is 7.46. The second kappa shape index (κ2) is 5.66. The molecule has 0 radical (unpaired) electrons. The number of methoxy groups -OCH3 is 1. The highest BCUT2D eigenvalue weighted by Gasteiger charge is 2.71. The van der Waals surface area contributed by atoms with E-state index in [1.807, 2.05) is 19.1 Å². The predicted molar refractivity (Wildman–Crippen MR) is 78.9 cm³/mol. The molecule has 1 aromatic carbocycles. The predicted octanol–water partition coefficient (Wildman–Crippen LogP) is 1.75. The molecule has 0 aromatic heterocycles. The zero-order chi connectivity index (χ0) is 15.7. The normalized spacial score (nSPS) is 27.9. The first-order valence-electron chi connectivity index (χ1n) is 6.72. The monoisotopic (exact) mass is 309 g/mol. The van der Waals surface area contributed by atoms with Gasteiger partial charge in [-0.2, -0.15) is 5.26 Å². The molecule has 2 rings (SSSR count). The van der Waals surface area contributed by atoms with Crippen molar-refractivity contribution in [3.8, 4) is 11.8 Å². The molecule has 1 aliphatic carbocycles. The van der Waals surface area contributed by atoms with Crippen molar-refractivity contribution >= 4 is 9.84 Å². The second-order valence-electron chi connectivity index (χ2n) is 5.29. The van der Waals surface area contributed by atoms with Crippen LogP contribution in [0.4, 0.5) is 0 Å². The van der Waals surface area contributed by atoms with E-state index in [-0.39, 0.29) is 12.5 Å². The van der Waals surface area contributed by atoms with Crippen LogP contribution >= 0.6 is 0 Å². The number of ether oxygens (including phenoxy) is 2. The molecule has 0 aliphatic heterocycles. The fourth-order valence-corrected chi connectivity index (χ4v) is 4.77. The Balaban J connectivity index is 2.37. The highest BCUT2D eigenvalue weighted by molar-refractivity contribution is 7.91. The summed E-state index contributed by atoms with van der Waals surface area (Å²) >= 11 is 0. The lowest BCUT2D eigenvalue weighted by atomic mass is 10.0. The van der Waals surface area contributed by atoms with Crippen LogP contribution in [-0.4, -0.2) is 40.2 Å². The van der Waals surface area contributed by atoms with E-state index in [4.69, 9.17) is 9.47 Å². The first-order valence-corrected chi connectivity index (χ1v) is 8.68. The number of nitrogens with zero attached hydrogens (tertiary/aromatic N) is 1. The number of benzene rings is 1. The van der Waals surface area contributed by atoms with E-state index in [2.05, 4.69) is 6.07 Å². The molecule has 21 heavy (non-hydrogen) atoms. The van der Waals surface area contributed by atoms with Gasteiger partial charge in [0, 0.05) is 18.8 Å². The van der Waals surface area contributed by atoms with Crippen molar-refractivity contribution in [1.29, 1.82) is 5.26 Å². The molecule has 0 unspecified atom stereocenters. The average Bonchev–Trinajstić information content (AvgIpc) is 3.15. The molecule has 6 heteroatoms. The molecular weight excluding hydrogens is 290 g/mol. The van der Waals surface area contributed by atoms with Gasteiger partial charge in [0.15, 0.2) is 9.84 Å². The van der Waals surface area contributed by atoms with Crippen molar-refractivity contribution < 1.29 is 17.9 Å². The van der Waals surface area contributed by atoms with Crippen molar-refractivity contribution in [3.63, 3.8) is 0 Å². The van der Waals surface area contributed by atoms with Crippen LogP contribution in [0.15, 0.2) is 24.3 Å². The average molecular weight is 309 g/mol. The van der Waals surface area contributed by atoms with E-state index in [0.29, 0.717) is 12.4 Å². The van der Waals surface area contributed by atoms with Gasteiger partial charge in [-0.1, -0.05) is 12.1 Å². The van der Waals surface area contributed by atoms with E-state index < -0.39 is 20.5 Å². The van der Waals surface area contributed by atoms with Crippen molar-refractivity contribution in [1.82, 2.24) is 0 Å². The highest BCUT2D eigenvalue weighted by Crippen LogP contribution is 2.62. The minimum Gasteiger partial charge on any atom is -0.497 e. The third-order valence-electron chi connectivity index (χ3n) is 3.95. The Morgan fingerprint density at radius 3 is 2.38 bits per heavy atom. The van der Waals surface area contributed by atoms with Crippen molar-refractivity contribution in [2.75, 3.05) is 26.6 Å². The Morgan fingerprint density at radius 1 is 1.33 bits per heavy atom. The van der Waals surface area contributed by atoms with Crippen molar-refractivity contribution in [2.24, 2.45) is 5.41 Å². The minimum absolute atomic E-state index is 0.133. The SMILES string of the molecule is CCOC[C@@]1(C#N)[C@H](S(C)(=O)=O)[C@@H]1c1ccc(OC)cc1. The Morgan fingerprint density at radius 2 is 1.95 bits per heavy atom. The van der Waals surface area contributed by atoms with Crippen LogP contribution in [0, 0.1) is 16.7 Å². The van der Waals surface area contributed by atoms with E-state index >= 15 is 0 Å². The molecule has 1 aromatic rings. The van der Waals surface area contributed by atoms with Crippen LogP contribution in [0.25, 0.3) is 0 Å². The largest absolute Gasteiger partial charge is 0.497 e. The van der Waals surface area contributed by atoms with E-state index in [1.54, 1.807) is 19.2 Å². The summed E-state index contributed by atoms with van der Waals surface area (Å²) in [6, 6.07) is 9.36. The Bertz CT molecular complexity index is 647. The van der Waals surface area contributed by atoms with Gasteiger partial charge < -0.3 is 9.47 Å². The Hall–Kier alpha value is -1.58. The quantitative estimate of drug-likeness (QED) is 0.800. The molecule has 114 valence electrons. The number of nitriles is 1. The van der Waals surface area contributed by atoms with E-state index in [9.17, 15) is 13.7 Å². The third kappa shape index (κ3) is 2.76. The van der Waals surface area contributed by atoms with Crippen molar-refractivity contribution in [3.05, 3.63) is 29.8 Å². The smallest absolute Gasteiger partial charge is 0.152 e. The first kappa shape index (κ1) is 15.8. The van der Waals surface area contributed by atoms with Gasteiger partial charge in [0.25, 0.3) is 0 Å². The Labute approximate surface area is 125 Å². The minimum atomic E-state index is -3.33. The summed E-state index contributed by atoms with van der Waals surface area (Å²) < 4.78 is 34.5. The maximum absolute atomic E-state index is 12.0. The summed E-state index contributed by atoms with van der Waals surface area (Å²) in [4.78, 5) is 0. The van der Waals surface area contributed by atoms with Gasteiger partial charge in [-0.3, -0.25) is 0 Å². The number of hydrogen-bond acceptors (Lipinski definition) is 5. The zero-order valence-corrected chi connectivity index (χ0v) is 13.2. The number of rotatable bonds is 6. The standard InChI is InChI=1S/C15H19NO4S/c1-4-20-10-15(9-16)13(14(15)21(3,17)18)11-5-7-12(19-2)8-6-11/h5-8,13-14H,4,10H2,1-3H3/t13-,14+,15+/m0/s1. The Kier molecular flexibility index (Phi) is 4.26. The summed E-state index contributed by atoms with van der Waals surface area (Å²) in [5.41, 5.74) is -0.162. The fraction of sp³-hybridized carbons (Fsp3) is 0.533. The van der Waals surface area contributed by atoms with E-state index in [1.165, 1.54) is 6.26 Å². The molecule has 0 N–H and O–H groups in total. The van der Waals surface area contributed by atoms with Gasteiger partial charge in [-0.15, -0.1) is 0 Å². The molecule has 0 spiro atoms. The van der Waals surface area contributed by atoms with Gasteiger partial charge in [-0.25, -0.2) is 8.42 Å². The molecule has 1 aliphatic rings. The summed E-state index contributed by atoms with van der Waals surface area (Å²) in [5, 5.41) is 8.82. The lowest BCUT2D eigenvalue weighted by molar-refractivity contribution is 0.117. The molecule has 0 saturated heterocycles. The highest BCUT2D eigenvalue weighted by atomic mass is 32.2. The van der Waals surface area contributed by atoms with Gasteiger partial charge in [0.1, 0.15) is 11.2 Å². The molecule has 0 heterocycles. The van der Waals surface area contributed by atoms with Crippen LogP contribution in [0.1, 0.15) is 18.4 Å². The van der Waals surface area contributed by atoms with Crippen LogP contribution in [0.3, 0.4) is 0 Å². The van der Waals surface area contributed by atoms with Gasteiger partial charge in [-0.05, 0) is 24.6 Å². The molecule has 1 saturated carbocycles. The summed E-state index contributed by atoms with van der Waals surface area (Å²) in [6.07, 6.45) is 1.18. The summed E-state index contributed by atoms with van der Waals surface area (Å²) in [5.74, 6) is 0.345. The summed E-state index contributed by atoms with van der Waals surface area (Å²) in [7, 11) is -1.76. The van der Waals surface area contributed by atoms with Gasteiger partial charge in [0.2, 0.25) is 0 Å². The molecule has 1 fully saturated rings.